The van der Waals surface area contributed by atoms with E-state index in [2.05, 4.69) is 20.9 Å². The zero-order chi connectivity index (χ0) is 21.8. The molecule has 3 aromatic carbocycles. The minimum Gasteiger partial charge on any atom is -0.496 e. The van der Waals surface area contributed by atoms with Gasteiger partial charge in [0.2, 0.25) is 5.90 Å². The molecule has 0 fully saturated rings. The van der Waals surface area contributed by atoms with Crippen LogP contribution in [0.4, 0.5) is 0 Å². The van der Waals surface area contributed by atoms with Crippen LogP contribution in [-0.4, -0.2) is 19.0 Å². The number of carbonyl (C=O) groups is 1. The lowest BCUT2D eigenvalue weighted by Crippen LogP contribution is -2.07. The van der Waals surface area contributed by atoms with E-state index < -0.39 is 5.97 Å². The predicted octanol–water partition coefficient (Wildman–Crippen LogP) is 6.03. The van der Waals surface area contributed by atoms with Crippen molar-refractivity contribution in [2.45, 2.75) is 6.61 Å². The van der Waals surface area contributed by atoms with Crippen LogP contribution >= 0.6 is 27.5 Å². The van der Waals surface area contributed by atoms with E-state index in [-0.39, 0.29) is 11.6 Å². The molecule has 0 amide bonds. The molecule has 0 atom stereocenters. The summed E-state index contributed by atoms with van der Waals surface area (Å²) in [6, 6.07) is 20.4. The van der Waals surface area contributed by atoms with Crippen molar-refractivity contribution in [2.75, 3.05) is 7.11 Å². The average molecular weight is 499 g/mol. The summed E-state index contributed by atoms with van der Waals surface area (Å²) in [6.07, 6.45) is 1.66. The summed E-state index contributed by atoms with van der Waals surface area (Å²) in [4.78, 5) is 16.6. The number of hydrogen-bond acceptors (Lipinski definition) is 5. The maximum absolute atomic E-state index is 12.3. The summed E-state index contributed by atoms with van der Waals surface area (Å²) >= 11 is 9.48. The second kappa shape index (κ2) is 9.37. The Balaban J connectivity index is 1.48. The molecule has 4 rings (SSSR count). The van der Waals surface area contributed by atoms with Crippen LogP contribution in [0.25, 0.3) is 6.08 Å². The Morgan fingerprint density at radius 1 is 1.06 bits per heavy atom. The normalized spacial score (nSPS) is 14.4. The molecule has 0 spiro atoms. The van der Waals surface area contributed by atoms with Crippen molar-refractivity contribution >= 4 is 45.5 Å². The molecule has 1 aliphatic rings. The van der Waals surface area contributed by atoms with Crippen molar-refractivity contribution in [1.29, 1.82) is 0 Å². The van der Waals surface area contributed by atoms with Crippen LogP contribution in [0.15, 0.2) is 81.9 Å². The number of nitrogens with zero attached hydrogens (tertiary/aromatic N) is 1. The maximum Gasteiger partial charge on any atom is 0.363 e. The SMILES string of the molecule is COc1ccc(Cl)cc1C1=N/C(=C\c2ccc(OCc3ccc(Br)cc3)cc2)C(=O)O1. The first-order valence-electron chi connectivity index (χ1n) is 9.35. The molecule has 0 N–H and O–H groups in total. The molecule has 1 aliphatic heterocycles. The third-order valence-electron chi connectivity index (χ3n) is 4.51. The minimum atomic E-state index is -0.535. The van der Waals surface area contributed by atoms with E-state index in [1.165, 1.54) is 7.11 Å². The molecule has 0 aliphatic carbocycles. The van der Waals surface area contributed by atoms with Crippen molar-refractivity contribution in [3.63, 3.8) is 0 Å². The number of methoxy groups -OCH3 is 1. The summed E-state index contributed by atoms with van der Waals surface area (Å²) in [5.41, 5.74) is 2.58. The number of esters is 1. The van der Waals surface area contributed by atoms with Gasteiger partial charge in [-0.1, -0.05) is 51.8 Å². The Morgan fingerprint density at radius 3 is 2.52 bits per heavy atom. The third-order valence-corrected chi connectivity index (χ3v) is 5.28. The third kappa shape index (κ3) is 5.16. The quantitative estimate of drug-likeness (QED) is 0.307. The second-order valence-electron chi connectivity index (χ2n) is 6.66. The summed E-state index contributed by atoms with van der Waals surface area (Å²) in [6.45, 7) is 0.467. The predicted molar refractivity (Wildman–Crippen MR) is 124 cm³/mol. The van der Waals surface area contributed by atoms with Crippen molar-refractivity contribution in [3.05, 3.63) is 98.6 Å². The van der Waals surface area contributed by atoms with E-state index in [0.717, 1.165) is 21.3 Å². The minimum absolute atomic E-state index is 0.157. The maximum atomic E-state index is 12.3. The second-order valence-corrected chi connectivity index (χ2v) is 8.02. The Kier molecular flexibility index (Phi) is 6.39. The van der Waals surface area contributed by atoms with E-state index in [9.17, 15) is 4.79 Å². The highest BCUT2D eigenvalue weighted by molar-refractivity contribution is 9.10. The van der Waals surface area contributed by atoms with E-state index >= 15 is 0 Å². The molecule has 0 bridgehead atoms. The van der Waals surface area contributed by atoms with Gasteiger partial charge in [0.25, 0.3) is 0 Å². The van der Waals surface area contributed by atoms with Crippen LogP contribution in [0, 0.1) is 0 Å². The Bertz CT molecular complexity index is 1170. The lowest BCUT2D eigenvalue weighted by molar-refractivity contribution is -0.129. The van der Waals surface area contributed by atoms with Crippen molar-refractivity contribution < 1.29 is 19.0 Å². The molecule has 7 heteroatoms. The average Bonchev–Trinajstić information content (AvgIpc) is 3.14. The summed E-state index contributed by atoms with van der Waals surface area (Å²) < 4.78 is 17.5. The number of carbonyl (C=O) groups excluding carboxylic acids is 1. The van der Waals surface area contributed by atoms with Gasteiger partial charge in [-0.3, -0.25) is 0 Å². The van der Waals surface area contributed by atoms with Crippen molar-refractivity contribution in [3.8, 4) is 11.5 Å². The molecule has 0 unspecified atom stereocenters. The van der Waals surface area contributed by atoms with Gasteiger partial charge in [-0.25, -0.2) is 9.79 Å². The number of benzene rings is 3. The monoisotopic (exact) mass is 497 g/mol. The van der Waals surface area contributed by atoms with Gasteiger partial charge in [0.1, 0.15) is 18.1 Å². The van der Waals surface area contributed by atoms with Crippen LogP contribution < -0.4 is 9.47 Å². The van der Waals surface area contributed by atoms with Gasteiger partial charge in [-0.2, -0.15) is 0 Å². The van der Waals surface area contributed by atoms with Crippen LogP contribution in [0.5, 0.6) is 11.5 Å². The van der Waals surface area contributed by atoms with E-state index in [1.807, 2.05) is 48.5 Å². The zero-order valence-electron chi connectivity index (χ0n) is 16.5. The van der Waals surface area contributed by atoms with Crippen molar-refractivity contribution in [2.24, 2.45) is 4.99 Å². The van der Waals surface area contributed by atoms with E-state index in [0.29, 0.717) is 22.9 Å². The number of aliphatic imine (C=N–C) groups is 1. The molecule has 0 radical (unpaired) electrons. The number of cyclic esters (lactones) is 1. The Hall–Kier alpha value is -3.09. The van der Waals surface area contributed by atoms with E-state index in [4.69, 9.17) is 25.8 Å². The van der Waals surface area contributed by atoms with E-state index in [1.54, 1.807) is 24.3 Å². The van der Waals surface area contributed by atoms with Crippen molar-refractivity contribution in [1.82, 2.24) is 0 Å². The number of hydrogen-bond donors (Lipinski definition) is 0. The zero-order valence-corrected chi connectivity index (χ0v) is 18.8. The highest BCUT2D eigenvalue weighted by Crippen LogP contribution is 2.28. The Labute approximate surface area is 193 Å². The standard InChI is InChI=1S/C24H17BrClNO4/c1-29-22-11-8-18(26)13-20(22)23-27-21(24(28)31-23)12-15-4-9-19(10-5-15)30-14-16-2-6-17(25)7-3-16/h2-13H,14H2,1H3/b21-12-. The molecule has 5 nitrogen and oxygen atoms in total. The lowest BCUT2D eigenvalue weighted by Gasteiger charge is -2.07. The van der Waals surface area contributed by atoms with Gasteiger partial charge >= 0.3 is 5.97 Å². The molecular formula is C24H17BrClNO4. The highest BCUT2D eigenvalue weighted by Gasteiger charge is 2.26. The Morgan fingerprint density at radius 2 is 1.81 bits per heavy atom. The number of halogens is 2. The summed E-state index contributed by atoms with van der Waals surface area (Å²) in [5, 5.41) is 0.491. The highest BCUT2D eigenvalue weighted by atomic mass is 79.9. The number of rotatable bonds is 6. The summed E-state index contributed by atoms with van der Waals surface area (Å²) in [7, 11) is 1.53. The van der Waals surface area contributed by atoms with Gasteiger partial charge in [0, 0.05) is 9.50 Å². The molecular weight excluding hydrogens is 482 g/mol. The van der Waals surface area contributed by atoms with Gasteiger partial charge in [0.15, 0.2) is 5.70 Å². The van der Waals surface area contributed by atoms with Gasteiger partial charge in [-0.15, -0.1) is 0 Å². The molecule has 0 saturated carbocycles. The smallest absolute Gasteiger partial charge is 0.363 e. The largest absolute Gasteiger partial charge is 0.496 e. The summed E-state index contributed by atoms with van der Waals surface area (Å²) in [5.74, 6) is 0.869. The fourth-order valence-electron chi connectivity index (χ4n) is 2.94. The molecule has 31 heavy (non-hydrogen) atoms. The lowest BCUT2D eigenvalue weighted by atomic mass is 10.2. The molecule has 156 valence electrons. The first-order chi connectivity index (χ1) is 15.0. The first-order valence-corrected chi connectivity index (χ1v) is 10.5. The van der Waals surface area contributed by atoms with Gasteiger partial charge < -0.3 is 14.2 Å². The fourth-order valence-corrected chi connectivity index (χ4v) is 3.37. The van der Waals surface area contributed by atoms with Crippen LogP contribution in [-0.2, 0) is 16.1 Å². The molecule has 0 saturated heterocycles. The number of ether oxygens (including phenoxy) is 3. The van der Waals surface area contributed by atoms with Crippen LogP contribution in [0.3, 0.4) is 0 Å². The molecule has 0 aromatic heterocycles. The molecule has 3 aromatic rings. The van der Waals surface area contributed by atoms with Gasteiger partial charge in [0.05, 0.1) is 12.7 Å². The van der Waals surface area contributed by atoms with Crippen LogP contribution in [0.2, 0.25) is 5.02 Å². The van der Waals surface area contributed by atoms with Gasteiger partial charge in [-0.05, 0) is 59.7 Å². The molecule has 1 heterocycles. The fraction of sp³-hybridized carbons (Fsp3) is 0.0833. The topological polar surface area (TPSA) is 57.1 Å². The van der Waals surface area contributed by atoms with Crippen LogP contribution in [0.1, 0.15) is 16.7 Å². The first kappa shape index (κ1) is 21.2.